The van der Waals surface area contributed by atoms with Crippen molar-refractivity contribution in [2.75, 3.05) is 17.2 Å². The molecule has 1 aliphatic rings. The van der Waals surface area contributed by atoms with E-state index in [0.717, 1.165) is 16.6 Å². The van der Waals surface area contributed by atoms with E-state index < -0.39 is 10.0 Å². The van der Waals surface area contributed by atoms with Crippen LogP contribution in [0, 0.1) is 12.8 Å². The smallest absolute Gasteiger partial charge is 0.229 e. The van der Waals surface area contributed by atoms with Crippen LogP contribution in [0.4, 0.5) is 5.95 Å². The number of rotatable bonds is 3. The molecule has 112 valence electrons. The summed E-state index contributed by atoms with van der Waals surface area (Å²) in [6.45, 7) is 2.26. The van der Waals surface area contributed by atoms with Crippen LogP contribution < -0.4 is 10.0 Å². The maximum Gasteiger partial charge on any atom is 0.229 e. The number of para-hydroxylation sites is 1. The van der Waals surface area contributed by atoms with Gasteiger partial charge < -0.3 is 4.98 Å². The Hall–Kier alpha value is -1.93. The lowest BCUT2D eigenvalue weighted by Crippen LogP contribution is -2.28. The lowest BCUT2D eigenvalue weighted by atomic mass is 10.1. The van der Waals surface area contributed by atoms with Crippen molar-refractivity contribution in [3.63, 3.8) is 0 Å². The third-order valence-corrected chi connectivity index (χ3v) is 4.57. The number of sulfonamides is 1. The molecule has 1 aromatic carbocycles. The molecular weight excluding hydrogens is 292 g/mol. The topological polar surface area (TPSA) is 109 Å². The maximum atomic E-state index is 12.1. The van der Waals surface area contributed by atoms with E-state index in [-0.39, 0.29) is 24.0 Å². The normalized spacial score (nSPS) is 19.6. The van der Waals surface area contributed by atoms with Crippen molar-refractivity contribution in [1.82, 2.24) is 9.97 Å². The minimum absolute atomic E-state index is 0.139. The molecule has 0 radical (unpaired) electrons. The van der Waals surface area contributed by atoms with E-state index in [1.54, 1.807) is 0 Å². The minimum Gasteiger partial charge on any atom is -0.324 e. The molecule has 8 heteroatoms. The van der Waals surface area contributed by atoms with Crippen LogP contribution in [0.25, 0.3) is 11.0 Å². The van der Waals surface area contributed by atoms with Gasteiger partial charge in [-0.3, -0.25) is 9.69 Å². The van der Waals surface area contributed by atoms with Crippen molar-refractivity contribution in [1.29, 1.82) is 0 Å². The molecule has 0 spiro atoms. The lowest BCUT2D eigenvalue weighted by Gasteiger charge is -2.12. The Kier molecular flexibility index (Phi) is 3.22. The van der Waals surface area contributed by atoms with Gasteiger partial charge in [-0.15, -0.1) is 0 Å². The summed E-state index contributed by atoms with van der Waals surface area (Å²) in [5, 5.41) is 5.04. The molecule has 1 saturated heterocycles. The number of carbonyl (C=O) groups is 1. The highest BCUT2D eigenvalue weighted by atomic mass is 32.2. The summed E-state index contributed by atoms with van der Waals surface area (Å²) in [7, 11) is -3.58. The third-order valence-electron chi connectivity index (χ3n) is 3.63. The second-order valence-corrected chi connectivity index (χ2v) is 7.09. The van der Waals surface area contributed by atoms with Crippen molar-refractivity contribution < 1.29 is 13.2 Å². The number of hydrogen-bond acceptors (Lipinski definition) is 4. The van der Waals surface area contributed by atoms with Crippen LogP contribution in [0.5, 0.6) is 0 Å². The van der Waals surface area contributed by atoms with Gasteiger partial charge in [-0.25, -0.2) is 18.5 Å². The van der Waals surface area contributed by atoms with Crippen molar-refractivity contribution in [3.05, 3.63) is 23.8 Å². The summed E-state index contributed by atoms with van der Waals surface area (Å²) in [5.41, 5.74) is 2.69. The quantitative estimate of drug-likeness (QED) is 0.861. The Bertz CT molecular complexity index is 812. The van der Waals surface area contributed by atoms with Gasteiger partial charge in [-0.05, 0) is 18.6 Å². The van der Waals surface area contributed by atoms with Crippen LogP contribution >= 0.6 is 0 Å². The molecule has 1 atom stereocenters. The number of anilines is 1. The number of nitrogens with one attached hydrogen (secondary N) is 1. The van der Waals surface area contributed by atoms with Crippen molar-refractivity contribution in [2.45, 2.75) is 13.3 Å². The minimum atomic E-state index is -3.58. The Balaban J connectivity index is 1.89. The molecule has 2 heterocycles. The van der Waals surface area contributed by atoms with Crippen molar-refractivity contribution >= 4 is 32.9 Å². The number of nitrogens with zero attached hydrogens (tertiary/aromatic N) is 2. The summed E-state index contributed by atoms with van der Waals surface area (Å²) in [4.78, 5) is 21.1. The molecule has 1 unspecified atom stereocenters. The summed E-state index contributed by atoms with van der Waals surface area (Å²) in [5.74, 6) is -0.155. The van der Waals surface area contributed by atoms with E-state index in [9.17, 15) is 13.2 Å². The summed E-state index contributed by atoms with van der Waals surface area (Å²) >= 11 is 0. The molecule has 0 aliphatic carbocycles. The molecule has 2 aromatic rings. The first-order chi connectivity index (χ1) is 9.83. The zero-order chi connectivity index (χ0) is 15.2. The fourth-order valence-corrected chi connectivity index (χ4v) is 3.60. The summed E-state index contributed by atoms with van der Waals surface area (Å²) in [6, 6.07) is 5.75. The molecule has 1 aromatic heterocycles. The van der Waals surface area contributed by atoms with E-state index in [1.165, 1.54) is 4.90 Å². The molecule has 3 N–H and O–H groups in total. The second-order valence-electron chi connectivity index (χ2n) is 5.44. The predicted octanol–water partition coefficient (Wildman–Crippen LogP) is 0.513. The highest BCUT2D eigenvalue weighted by Gasteiger charge is 2.34. The number of aromatic amines is 1. The Labute approximate surface area is 122 Å². The first-order valence-corrected chi connectivity index (χ1v) is 8.31. The van der Waals surface area contributed by atoms with Crippen molar-refractivity contribution in [2.24, 2.45) is 11.1 Å². The zero-order valence-electron chi connectivity index (χ0n) is 11.5. The van der Waals surface area contributed by atoms with Crippen LogP contribution in [-0.2, 0) is 14.8 Å². The van der Waals surface area contributed by atoms with E-state index in [0.29, 0.717) is 12.5 Å². The Morgan fingerprint density at radius 3 is 2.90 bits per heavy atom. The highest BCUT2D eigenvalue weighted by Crippen LogP contribution is 2.26. The fraction of sp³-hybridized carbons (Fsp3) is 0.385. The molecular formula is C13H16N4O3S. The van der Waals surface area contributed by atoms with Gasteiger partial charge in [0.05, 0.1) is 16.8 Å². The summed E-state index contributed by atoms with van der Waals surface area (Å²) < 4.78 is 22.3. The molecule has 1 aliphatic heterocycles. The molecule has 1 fully saturated rings. The zero-order valence-corrected chi connectivity index (χ0v) is 12.4. The first kappa shape index (κ1) is 14.0. The number of amides is 1. The lowest BCUT2D eigenvalue weighted by molar-refractivity contribution is -0.117. The standard InChI is InChI=1S/C13H16N4O3S/c1-8-3-2-4-10-12(8)16-13(15-10)17-6-9(5-11(17)18)7-21(14,19)20/h2-4,9H,5-7H2,1H3,(H,15,16)(H2,14,19,20). The number of imidazole rings is 1. The number of primary sulfonamides is 1. The van der Waals surface area contributed by atoms with E-state index in [4.69, 9.17) is 5.14 Å². The maximum absolute atomic E-state index is 12.1. The van der Waals surface area contributed by atoms with E-state index >= 15 is 0 Å². The SMILES string of the molecule is Cc1cccc2[nH]c(N3CC(CS(N)(=O)=O)CC3=O)nc12. The van der Waals surface area contributed by atoms with Gasteiger partial charge >= 0.3 is 0 Å². The summed E-state index contributed by atoms with van der Waals surface area (Å²) in [6.07, 6.45) is 0.173. The van der Waals surface area contributed by atoms with Crippen molar-refractivity contribution in [3.8, 4) is 0 Å². The molecule has 21 heavy (non-hydrogen) atoms. The molecule has 0 saturated carbocycles. The average Bonchev–Trinajstić information content (AvgIpc) is 2.91. The average molecular weight is 308 g/mol. The van der Waals surface area contributed by atoms with Crippen LogP contribution in [0.1, 0.15) is 12.0 Å². The van der Waals surface area contributed by atoms with Gasteiger partial charge in [0.25, 0.3) is 0 Å². The largest absolute Gasteiger partial charge is 0.324 e. The number of H-pyrrole nitrogens is 1. The highest BCUT2D eigenvalue weighted by molar-refractivity contribution is 7.89. The number of carbonyl (C=O) groups excluding carboxylic acids is 1. The van der Waals surface area contributed by atoms with Gasteiger partial charge in [0.2, 0.25) is 21.9 Å². The number of hydrogen-bond donors (Lipinski definition) is 2. The van der Waals surface area contributed by atoms with Gasteiger partial charge in [-0.2, -0.15) is 0 Å². The molecule has 7 nitrogen and oxygen atoms in total. The fourth-order valence-electron chi connectivity index (χ4n) is 2.72. The van der Waals surface area contributed by atoms with E-state index in [2.05, 4.69) is 9.97 Å². The van der Waals surface area contributed by atoms with Gasteiger partial charge in [-0.1, -0.05) is 12.1 Å². The third kappa shape index (κ3) is 2.77. The first-order valence-electron chi connectivity index (χ1n) is 6.59. The Morgan fingerprint density at radius 2 is 2.24 bits per heavy atom. The predicted molar refractivity (Wildman–Crippen MR) is 79.3 cm³/mol. The molecule has 0 bridgehead atoms. The monoisotopic (exact) mass is 308 g/mol. The van der Waals surface area contributed by atoms with Gasteiger partial charge in [0.15, 0.2) is 0 Å². The van der Waals surface area contributed by atoms with Crippen LogP contribution in [0.2, 0.25) is 0 Å². The van der Waals surface area contributed by atoms with Crippen LogP contribution in [-0.4, -0.2) is 36.6 Å². The second kappa shape index (κ2) is 4.81. The number of fused-ring (bicyclic) bond motifs is 1. The van der Waals surface area contributed by atoms with Gasteiger partial charge in [0, 0.05) is 18.9 Å². The van der Waals surface area contributed by atoms with Crippen LogP contribution in [0.15, 0.2) is 18.2 Å². The van der Waals surface area contributed by atoms with Crippen LogP contribution in [0.3, 0.4) is 0 Å². The van der Waals surface area contributed by atoms with Gasteiger partial charge in [0.1, 0.15) is 0 Å². The Morgan fingerprint density at radius 1 is 1.48 bits per heavy atom. The molecule has 1 amide bonds. The number of aromatic nitrogens is 2. The number of nitrogens with two attached hydrogens (primary N) is 1. The van der Waals surface area contributed by atoms with E-state index in [1.807, 2.05) is 25.1 Å². The molecule has 3 rings (SSSR count). The number of benzene rings is 1. The number of aryl methyl sites for hydroxylation is 1.